The normalized spacial score (nSPS) is 19.7. The molecule has 10 heteroatoms. The van der Waals surface area contributed by atoms with Crippen molar-refractivity contribution in [3.05, 3.63) is 112 Å². The summed E-state index contributed by atoms with van der Waals surface area (Å²) >= 11 is 0. The number of amides is 4. The van der Waals surface area contributed by atoms with Crippen LogP contribution in [0.2, 0.25) is 0 Å². The Morgan fingerprint density at radius 2 is 1.44 bits per heavy atom. The Hall–Kier alpha value is -5.25. The van der Waals surface area contributed by atoms with Crippen molar-refractivity contribution in [2.45, 2.75) is 12.0 Å². The number of nitrogens with one attached hydrogen (secondary N) is 1. The lowest BCUT2D eigenvalue weighted by Gasteiger charge is -2.53. The summed E-state index contributed by atoms with van der Waals surface area (Å²) in [7, 11) is 4.28. The van der Waals surface area contributed by atoms with Crippen LogP contribution in [-0.4, -0.2) is 53.8 Å². The summed E-state index contributed by atoms with van der Waals surface area (Å²) in [5.41, 5.74) is 0.602. The summed E-state index contributed by atoms with van der Waals surface area (Å²) in [6.07, 6.45) is 0. The van der Waals surface area contributed by atoms with Crippen molar-refractivity contribution in [2.75, 3.05) is 26.5 Å². The van der Waals surface area contributed by atoms with Crippen molar-refractivity contribution >= 4 is 40.0 Å². The van der Waals surface area contributed by atoms with E-state index in [1.54, 1.807) is 43.5 Å². The predicted octanol–water partition coefficient (Wildman–Crippen LogP) is 5.09. The molecule has 1 spiro atoms. The number of nitro benzene ring substituents is 1. The van der Waals surface area contributed by atoms with Gasteiger partial charge in [0.25, 0.3) is 5.69 Å². The van der Waals surface area contributed by atoms with Crippen LogP contribution in [0.3, 0.4) is 0 Å². The first-order valence-corrected chi connectivity index (χ1v) is 13.0. The SMILES string of the molecule is COc1ccc(C2Nc3c(ccc4ccccc34)C(c3ccc([N+](=O)[O-])cc3)C23C(=O)N(C)C(=O)N(C)C3=O)cc1. The van der Waals surface area contributed by atoms with Gasteiger partial charge in [-0.2, -0.15) is 0 Å². The molecule has 2 heterocycles. The van der Waals surface area contributed by atoms with Gasteiger partial charge in [-0.1, -0.05) is 60.7 Å². The predicted molar refractivity (Wildman–Crippen MR) is 152 cm³/mol. The third kappa shape index (κ3) is 3.67. The van der Waals surface area contributed by atoms with Gasteiger partial charge in [-0.15, -0.1) is 0 Å². The van der Waals surface area contributed by atoms with E-state index in [4.69, 9.17) is 4.74 Å². The lowest BCUT2D eigenvalue weighted by atomic mass is 9.58. The van der Waals surface area contributed by atoms with Gasteiger partial charge in [0.2, 0.25) is 11.8 Å². The van der Waals surface area contributed by atoms with Gasteiger partial charge in [0.05, 0.1) is 18.1 Å². The molecule has 0 aliphatic carbocycles. The van der Waals surface area contributed by atoms with E-state index in [2.05, 4.69) is 5.32 Å². The zero-order valence-corrected chi connectivity index (χ0v) is 22.5. The van der Waals surface area contributed by atoms with E-state index >= 15 is 0 Å². The minimum absolute atomic E-state index is 0.118. The summed E-state index contributed by atoms with van der Waals surface area (Å²) in [5, 5.41) is 16.9. The number of urea groups is 1. The summed E-state index contributed by atoms with van der Waals surface area (Å²) in [6, 6.07) is 22.9. The molecule has 1 fully saturated rings. The van der Waals surface area contributed by atoms with Crippen LogP contribution >= 0.6 is 0 Å². The largest absolute Gasteiger partial charge is 0.497 e. The monoisotopic (exact) mass is 550 g/mol. The number of nitrogens with zero attached hydrogens (tertiary/aromatic N) is 3. The molecule has 6 rings (SSSR count). The molecule has 2 aliphatic rings. The first-order valence-electron chi connectivity index (χ1n) is 13.0. The molecule has 2 aliphatic heterocycles. The molecule has 0 bridgehead atoms. The van der Waals surface area contributed by atoms with Crippen LogP contribution in [-0.2, 0) is 9.59 Å². The first-order chi connectivity index (χ1) is 19.7. The number of fused-ring (bicyclic) bond motifs is 3. The summed E-state index contributed by atoms with van der Waals surface area (Å²) < 4.78 is 5.35. The van der Waals surface area contributed by atoms with Crippen LogP contribution < -0.4 is 10.1 Å². The van der Waals surface area contributed by atoms with Crippen LogP contribution in [0.25, 0.3) is 10.8 Å². The maximum absolute atomic E-state index is 14.5. The molecule has 2 unspecified atom stereocenters. The minimum Gasteiger partial charge on any atom is -0.497 e. The van der Waals surface area contributed by atoms with Crippen molar-refractivity contribution in [3.8, 4) is 5.75 Å². The van der Waals surface area contributed by atoms with E-state index < -0.39 is 40.1 Å². The molecule has 4 aromatic rings. The van der Waals surface area contributed by atoms with Gasteiger partial charge < -0.3 is 10.1 Å². The number of carbonyl (C=O) groups is 3. The smallest absolute Gasteiger partial charge is 0.332 e. The highest BCUT2D eigenvalue weighted by Gasteiger charge is 2.66. The average molecular weight is 551 g/mol. The molecule has 1 saturated heterocycles. The number of hydrogen-bond acceptors (Lipinski definition) is 7. The maximum atomic E-state index is 14.5. The fourth-order valence-corrected chi connectivity index (χ4v) is 6.27. The first kappa shape index (κ1) is 26.0. The number of barbiturate groups is 1. The summed E-state index contributed by atoms with van der Waals surface area (Å²) in [4.78, 5) is 54.9. The highest BCUT2D eigenvalue weighted by atomic mass is 16.6. The van der Waals surface area contributed by atoms with E-state index in [-0.39, 0.29) is 5.69 Å². The number of rotatable bonds is 4. The van der Waals surface area contributed by atoms with E-state index in [1.165, 1.54) is 26.2 Å². The highest BCUT2D eigenvalue weighted by molar-refractivity contribution is 6.21. The Balaban J connectivity index is 1.72. The number of ether oxygens (including phenoxy) is 1. The van der Waals surface area contributed by atoms with Crippen molar-refractivity contribution in [3.63, 3.8) is 0 Å². The van der Waals surface area contributed by atoms with Gasteiger partial charge >= 0.3 is 6.03 Å². The third-order valence-corrected chi connectivity index (χ3v) is 8.25. The van der Waals surface area contributed by atoms with Crippen LogP contribution in [0.4, 0.5) is 16.2 Å². The van der Waals surface area contributed by atoms with Gasteiger partial charge in [0, 0.05) is 43.2 Å². The number of anilines is 1. The van der Waals surface area contributed by atoms with Gasteiger partial charge in [0.15, 0.2) is 5.41 Å². The van der Waals surface area contributed by atoms with E-state index in [1.807, 2.05) is 36.4 Å². The number of nitro groups is 1. The fraction of sp³-hybridized carbons (Fsp3) is 0.194. The van der Waals surface area contributed by atoms with Crippen LogP contribution in [0.15, 0.2) is 84.9 Å². The van der Waals surface area contributed by atoms with Gasteiger partial charge in [-0.25, -0.2) is 4.79 Å². The molecule has 10 nitrogen and oxygen atoms in total. The van der Waals surface area contributed by atoms with Gasteiger partial charge in [-0.05, 0) is 34.2 Å². The Labute approximate surface area is 235 Å². The zero-order valence-electron chi connectivity index (χ0n) is 22.5. The van der Waals surface area contributed by atoms with E-state index in [0.29, 0.717) is 22.4 Å². The molecule has 0 aromatic heterocycles. The number of imide groups is 2. The topological polar surface area (TPSA) is 122 Å². The third-order valence-electron chi connectivity index (χ3n) is 8.25. The van der Waals surface area contributed by atoms with Crippen molar-refractivity contribution in [2.24, 2.45) is 5.41 Å². The number of non-ortho nitro benzene ring substituents is 1. The number of benzene rings is 4. The van der Waals surface area contributed by atoms with Crippen molar-refractivity contribution in [1.29, 1.82) is 0 Å². The van der Waals surface area contributed by atoms with Crippen molar-refractivity contribution in [1.82, 2.24) is 9.80 Å². The molecule has 0 radical (unpaired) electrons. The molecule has 4 aromatic carbocycles. The Morgan fingerprint density at radius 1 is 0.829 bits per heavy atom. The van der Waals surface area contributed by atoms with Crippen molar-refractivity contribution < 1.29 is 24.0 Å². The van der Waals surface area contributed by atoms with E-state index in [0.717, 1.165) is 26.3 Å². The van der Waals surface area contributed by atoms with Crippen LogP contribution in [0.1, 0.15) is 28.7 Å². The molecular formula is C31H26N4O6. The second kappa shape index (κ2) is 9.44. The number of methoxy groups -OCH3 is 1. The number of hydrogen-bond donors (Lipinski definition) is 1. The second-order valence-electron chi connectivity index (χ2n) is 10.3. The maximum Gasteiger partial charge on any atom is 0.332 e. The highest BCUT2D eigenvalue weighted by Crippen LogP contribution is 2.59. The fourth-order valence-electron chi connectivity index (χ4n) is 6.27. The lowest BCUT2D eigenvalue weighted by Crippen LogP contribution is -2.68. The van der Waals surface area contributed by atoms with Crippen LogP contribution in [0.5, 0.6) is 5.75 Å². The molecule has 1 N–H and O–H groups in total. The summed E-state index contributed by atoms with van der Waals surface area (Å²) in [5.74, 6) is -1.63. The molecule has 4 amide bonds. The van der Waals surface area contributed by atoms with E-state index in [9.17, 15) is 24.5 Å². The molecule has 41 heavy (non-hydrogen) atoms. The summed E-state index contributed by atoms with van der Waals surface area (Å²) in [6.45, 7) is 0. The molecule has 0 saturated carbocycles. The molecule has 206 valence electrons. The average Bonchev–Trinajstić information content (AvgIpc) is 3.01. The lowest BCUT2D eigenvalue weighted by molar-refractivity contribution is -0.384. The van der Waals surface area contributed by atoms with Gasteiger partial charge in [0.1, 0.15) is 5.75 Å². The number of carbonyl (C=O) groups excluding carboxylic acids is 3. The van der Waals surface area contributed by atoms with Gasteiger partial charge in [-0.3, -0.25) is 29.5 Å². The zero-order chi connectivity index (χ0) is 29.1. The Morgan fingerprint density at radius 3 is 2.05 bits per heavy atom. The second-order valence-corrected chi connectivity index (χ2v) is 10.3. The Kier molecular flexibility index (Phi) is 5.99. The Bertz CT molecular complexity index is 1710. The minimum atomic E-state index is -1.85. The quantitative estimate of drug-likeness (QED) is 0.213. The standard InChI is InChI=1S/C31H26N4O6/c1-33-28(36)31(29(37)34(2)30(33)38)25(19-8-13-21(14-9-19)35(39)40)24-17-12-18-6-4-5-7-23(18)26(24)32-27(31)20-10-15-22(41-3)16-11-20/h4-17,25,27,32H,1-3H3. The van der Waals surface area contributed by atoms with Crippen LogP contribution in [0, 0.1) is 15.5 Å². The molecule has 2 atom stereocenters. The molecular weight excluding hydrogens is 524 g/mol.